The Bertz CT molecular complexity index is 579. The van der Waals surface area contributed by atoms with Gasteiger partial charge in [0, 0.05) is 42.0 Å². The Hall–Kier alpha value is -1.14. The Morgan fingerprint density at radius 1 is 1.32 bits per heavy atom. The summed E-state index contributed by atoms with van der Waals surface area (Å²) in [4.78, 5) is 29.1. The van der Waals surface area contributed by atoms with Crippen LogP contribution in [0.25, 0.3) is 0 Å². The van der Waals surface area contributed by atoms with E-state index in [1.54, 1.807) is 4.90 Å². The highest BCUT2D eigenvalue weighted by molar-refractivity contribution is 8.13. The number of anilines is 1. The van der Waals surface area contributed by atoms with Crippen LogP contribution in [-0.4, -0.2) is 46.7 Å². The second kappa shape index (κ2) is 6.96. The van der Waals surface area contributed by atoms with Crippen molar-refractivity contribution in [3.05, 3.63) is 24.3 Å². The molecule has 22 heavy (non-hydrogen) atoms. The number of benzene rings is 1. The monoisotopic (exact) mass is 336 g/mol. The smallest absolute Gasteiger partial charge is 0.281 e. The number of amides is 2. The first-order chi connectivity index (χ1) is 10.6. The summed E-state index contributed by atoms with van der Waals surface area (Å²) >= 11 is 3.18. The number of para-hydroxylation sites is 1. The normalized spacial score (nSPS) is 21.7. The molecule has 0 bridgehead atoms. The zero-order chi connectivity index (χ0) is 15.5. The third-order valence-corrected chi connectivity index (χ3v) is 6.11. The molecule has 1 aromatic rings. The van der Waals surface area contributed by atoms with Gasteiger partial charge >= 0.3 is 0 Å². The fraction of sp³-hybridized carbons (Fsp3) is 0.500. The minimum Gasteiger partial charge on any atom is -0.332 e. The summed E-state index contributed by atoms with van der Waals surface area (Å²) in [6.45, 7) is 4.26. The Kier molecular flexibility index (Phi) is 4.98. The average Bonchev–Trinajstić information content (AvgIpc) is 2.83. The van der Waals surface area contributed by atoms with Crippen molar-refractivity contribution >= 4 is 40.4 Å². The standard InChI is InChI=1S/C16H20N2O2S2/c1-12-6-9-18(13-4-2-3-5-14(13)22-12)15(19)7-8-17-10-11-21-16(17)20/h2-5,12H,6-11H2,1H3. The molecular formula is C16H20N2O2S2. The number of thioether (sulfide) groups is 2. The second-order valence-corrected chi connectivity index (χ2v) is 8.11. The first-order valence-electron chi connectivity index (χ1n) is 7.63. The van der Waals surface area contributed by atoms with Gasteiger partial charge in [-0.2, -0.15) is 0 Å². The molecule has 1 saturated heterocycles. The fourth-order valence-corrected chi connectivity index (χ4v) is 4.70. The predicted octanol–water partition coefficient (Wildman–Crippen LogP) is 3.46. The number of carbonyl (C=O) groups excluding carboxylic acids is 2. The van der Waals surface area contributed by atoms with Crippen molar-refractivity contribution in [3.8, 4) is 0 Å². The highest BCUT2D eigenvalue weighted by Gasteiger charge is 2.26. The van der Waals surface area contributed by atoms with Crippen LogP contribution in [0.3, 0.4) is 0 Å². The Morgan fingerprint density at radius 3 is 2.91 bits per heavy atom. The van der Waals surface area contributed by atoms with Crippen molar-refractivity contribution in [2.45, 2.75) is 29.9 Å². The maximum Gasteiger partial charge on any atom is 0.281 e. The van der Waals surface area contributed by atoms with E-state index in [1.807, 2.05) is 34.9 Å². The van der Waals surface area contributed by atoms with E-state index in [0.29, 0.717) is 18.2 Å². The summed E-state index contributed by atoms with van der Waals surface area (Å²) in [7, 11) is 0. The van der Waals surface area contributed by atoms with E-state index in [9.17, 15) is 9.59 Å². The molecular weight excluding hydrogens is 316 g/mol. The van der Waals surface area contributed by atoms with E-state index in [4.69, 9.17) is 0 Å². The zero-order valence-corrected chi connectivity index (χ0v) is 14.3. The van der Waals surface area contributed by atoms with Gasteiger partial charge in [0.15, 0.2) is 0 Å². The molecule has 2 aliphatic rings. The molecule has 1 fully saturated rings. The first-order valence-corrected chi connectivity index (χ1v) is 9.49. The molecule has 0 saturated carbocycles. The van der Waals surface area contributed by atoms with E-state index in [-0.39, 0.29) is 11.1 Å². The highest BCUT2D eigenvalue weighted by atomic mass is 32.2. The molecule has 6 heteroatoms. The fourth-order valence-electron chi connectivity index (χ4n) is 2.74. The topological polar surface area (TPSA) is 40.6 Å². The maximum absolute atomic E-state index is 12.7. The molecule has 2 amide bonds. The molecule has 0 radical (unpaired) electrons. The van der Waals surface area contributed by atoms with Crippen molar-refractivity contribution in [3.63, 3.8) is 0 Å². The van der Waals surface area contributed by atoms with Gasteiger partial charge in [0.25, 0.3) is 5.24 Å². The Morgan fingerprint density at radius 2 is 2.14 bits per heavy atom. The summed E-state index contributed by atoms with van der Waals surface area (Å²) < 4.78 is 0. The number of nitrogens with zero attached hydrogens (tertiary/aromatic N) is 2. The van der Waals surface area contributed by atoms with Gasteiger partial charge in [-0.05, 0) is 18.6 Å². The van der Waals surface area contributed by atoms with Gasteiger partial charge in [0.2, 0.25) is 5.91 Å². The molecule has 0 aliphatic carbocycles. The van der Waals surface area contributed by atoms with Crippen LogP contribution in [-0.2, 0) is 4.79 Å². The van der Waals surface area contributed by atoms with E-state index in [1.165, 1.54) is 16.7 Å². The number of rotatable bonds is 3. The van der Waals surface area contributed by atoms with Gasteiger partial charge in [0.05, 0.1) is 5.69 Å². The minimum absolute atomic E-state index is 0.105. The molecule has 2 heterocycles. The van der Waals surface area contributed by atoms with Gasteiger partial charge in [-0.25, -0.2) is 0 Å². The van der Waals surface area contributed by atoms with Gasteiger partial charge in [-0.1, -0.05) is 30.8 Å². The largest absolute Gasteiger partial charge is 0.332 e. The molecule has 3 rings (SSSR count). The molecule has 118 valence electrons. The summed E-state index contributed by atoms with van der Waals surface area (Å²) in [5, 5.41) is 0.615. The van der Waals surface area contributed by atoms with E-state index in [2.05, 4.69) is 13.0 Å². The van der Waals surface area contributed by atoms with Crippen molar-refractivity contribution in [1.82, 2.24) is 4.90 Å². The van der Waals surface area contributed by atoms with Crippen LogP contribution in [0.4, 0.5) is 10.5 Å². The van der Waals surface area contributed by atoms with E-state index in [0.717, 1.165) is 31.0 Å². The second-order valence-electron chi connectivity index (χ2n) is 5.58. The molecule has 1 unspecified atom stereocenters. The quantitative estimate of drug-likeness (QED) is 0.847. The summed E-state index contributed by atoms with van der Waals surface area (Å²) in [5.74, 6) is 0.958. The lowest BCUT2D eigenvalue weighted by Crippen LogP contribution is -2.35. The molecule has 0 spiro atoms. The number of hydrogen-bond donors (Lipinski definition) is 0. The third kappa shape index (κ3) is 3.43. The first kappa shape index (κ1) is 15.7. The van der Waals surface area contributed by atoms with Gasteiger partial charge < -0.3 is 9.80 Å². The van der Waals surface area contributed by atoms with Crippen LogP contribution in [0, 0.1) is 0 Å². The van der Waals surface area contributed by atoms with Gasteiger partial charge in [-0.3, -0.25) is 9.59 Å². The van der Waals surface area contributed by atoms with Crippen molar-refractivity contribution in [2.24, 2.45) is 0 Å². The van der Waals surface area contributed by atoms with Crippen LogP contribution < -0.4 is 4.90 Å². The lowest BCUT2D eigenvalue weighted by molar-refractivity contribution is -0.118. The van der Waals surface area contributed by atoms with Crippen molar-refractivity contribution < 1.29 is 9.59 Å². The van der Waals surface area contributed by atoms with Gasteiger partial charge in [-0.15, -0.1) is 11.8 Å². The van der Waals surface area contributed by atoms with Crippen LogP contribution in [0.5, 0.6) is 0 Å². The summed E-state index contributed by atoms with van der Waals surface area (Å²) in [5.41, 5.74) is 1.02. The number of fused-ring (bicyclic) bond motifs is 1. The lowest BCUT2D eigenvalue weighted by Gasteiger charge is -2.24. The Labute approximate surface area is 139 Å². The van der Waals surface area contributed by atoms with Crippen LogP contribution >= 0.6 is 23.5 Å². The van der Waals surface area contributed by atoms with Crippen molar-refractivity contribution in [1.29, 1.82) is 0 Å². The van der Waals surface area contributed by atoms with Crippen LogP contribution in [0.1, 0.15) is 19.8 Å². The van der Waals surface area contributed by atoms with E-state index < -0.39 is 0 Å². The van der Waals surface area contributed by atoms with Crippen LogP contribution in [0.15, 0.2) is 29.2 Å². The SMILES string of the molecule is CC1CCN(C(=O)CCN2CCSC2=O)c2ccccc2S1. The lowest BCUT2D eigenvalue weighted by atomic mass is 10.2. The summed E-state index contributed by atoms with van der Waals surface area (Å²) in [6.07, 6.45) is 1.39. The number of carbonyl (C=O) groups is 2. The maximum atomic E-state index is 12.7. The molecule has 1 aromatic carbocycles. The third-order valence-electron chi connectivity index (χ3n) is 3.99. The Balaban J connectivity index is 1.70. The zero-order valence-electron chi connectivity index (χ0n) is 12.7. The average molecular weight is 336 g/mol. The summed E-state index contributed by atoms with van der Waals surface area (Å²) in [6, 6.07) is 8.11. The van der Waals surface area contributed by atoms with E-state index >= 15 is 0 Å². The number of hydrogen-bond acceptors (Lipinski definition) is 4. The van der Waals surface area contributed by atoms with Gasteiger partial charge in [0.1, 0.15) is 0 Å². The minimum atomic E-state index is 0.105. The predicted molar refractivity (Wildman–Crippen MR) is 92.8 cm³/mol. The molecule has 2 aliphatic heterocycles. The highest BCUT2D eigenvalue weighted by Crippen LogP contribution is 2.37. The molecule has 0 aromatic heterocycles. The van der Waals surface area contributed by atoms with Crippen molar-refractivity contribution in [2.75, 3.05) is 30.3 Å². The molecule has 4 nitrogen and oxygen atoms in total. The molecule has 0 N–H and O–H groups in total. The van der Waals surface area contributed by atoms with Crippen LogP contribution in [0.2, 0.25) is 0 Å². The molecule has 1 atom stereocenters.